The fourth-order valence-electron chi connectivity index (χ4n) is 2.25. The Balaban J connectivity index is 2.62. The second-order valence-corrected chi connectivity index (χ2v) is 5.58. The average molecular weight is 269 g/mol. The first-order valence-electron chi connectivity index (χ1n) is 7.02. The Hall–Kier alpha value is -0.530. The smallest absolute Gasteiger partial charge is 0.0793 e. The molecule has 0 saturated heterocycles. The molecule has 1 aromatic carbocycles. The minimum Gasteiger partial charge on any atom is -0.388 e. The second kappa shape index (κ2) is 7.81. The van der Waals surface area contributed by atoms with Crippen molar-refractivity contribution >= 4 is 11.6 Å². The standard InChI is InChI=1S/C16H25ClO/c1-4-6-7-13(5-2)10-16(18)14-9-8-12(3)15(17)11-14/h8-9,11,13,16,18H,4-7,10H2,1-3H3. The fourth-order valence-corrected chi connectivity index (χ4v) is 2.44. The Morgan fingerprint density at radius 2 is 2.00 bits per heavy atom. The lowest BCUT2D eigenvalue weighted by Gasteiger charge is -2.19. The summed E-state index contributed by atoms with van der Waals surface area (Å²) in [4.78, 5) is 0. The van der Waals surface area contributed by atoms with Gasteiger partial charge in [-0.25, -0.2) is 0 Å². The highest BCUT2D eigenvalue weighted by Gasteiger charge is 2.15. The summed E-state index contributed by atoms with van der Waals surface area (Å²) in [6, 6.07) is 5.86. The van der Waals surface area contributed by atoms with Crippen LogP contribution in [0.4, 0.5) is 0 Å². The first kappa shape index (κ1) is 15.5. The Morgan fingerprint density at radius 1 is 1.28 bits per heavy atom. The summed E-state index contributed by atoms with van der Waals surface area (Å²) >= 11 is 6.10. The summed E-state index contributed by atoms with van der Waals surface area (Å²) in [5, 5.41) is 11.0. The maximum atomic E-state index is 10.3. The van der Waals surface area contributed by atoms with E-state index in [0.29, 0.717) is 5.92 Å². The molecule has 0 spiro atoms. The quantitative estimate of drug-likeness (QED) is 0.712. The summed E-state index contributed by atoms with van der Waals surface area (Å²) in [6.07, 6.45) is 5.28. The largest absolute Gasteiger partial charge is 0.388 e. The summed E-state index contributed by atoms with van der Waals surface area (Å²) in [7, 11) is 0. The Morgan fingerprint density at radius 3 is 2.56 bits per heavy atom. The van der Waals surface area contributed by atoms with Crippen LogP contribution in [0.1, 0.15) is 63.2 Å². The highest BCUT2D eigenvalue weighted by atomic mass is 35.5. The molecule has 0 fully saturated rings. The maximum Gasteiger partial charge on any atom is 0.0793 e. The van der Waals surface area contributed by atoms with Crippen LogP contribution >= 0.6 is 11.6 Å². The molecule has 0 radical (unpaired) electrons. The number of hydrogen-bond donors (Lipinski definition) is 1. The molecule has 18 heavy (non-hydrogen) atoms. The van der Waals surface area contributed by atoms with Crippen LogP contribution in [0.5, 0.6) is 0 Å². The Bertz CT molecular complexity index is 362. The van der Waals surface area contributed by atoms with E-state index < -0.39 is 0 Å². The maximum absolute atomic E-state index is 10.3. The van der Waals surface area contributed by atoms with Crippen LogP contribution < -0.4 is 0 Å². The van der Waals surface area contributed by atoms with Crippen LogP contribution in [0.15, 0.2) is 18.2 Å². The number of aliphatic hydroxyl groups is 1. The van der Waals surface area contributed by atoms with Crippen molar-refractivity contribution in [2.75, 3.05) is 0 Å². The van der Waals surface area contributed by atoms with E-state index >= 15 is 0 Å². The lowest BCUT2D eigenvalue weighted by Crippen LogP contribution is -2.07. The SMILES string of the molecule is CCCCC(CC)CC(O)c1ccc(C)c(Cl)c1. The minimum atomic E-state index is -0.384. The van der Waals surface area contributed by atoms with E-state index in [-0.39, 0.29) is 6.10 Å². The van der Waals surface area contributed by atoms with E-state index in [9.17, 15) is 5.11 Å². The average Bonchev–Trinajstić information content (AvgIpc) is 2.37. The van der Waals surface area contributed by atoms with Gasteiger partial charge in [0.2, 0.25) is 0 Å². The molecule has 2 atom stereocenters. The molecule has 0 aliphatic carbocycles. The number of unbranched alkanes of at least 4 members (excludes halogenated alkanes) is 1. The van der Waals surface area contributed by atoms with Gasteiger partial charge in [-0.2, -0.15) is 0 Å². The summed E-state index contributed by atoms with van der Waals surface area (Å²) in [5.41, 5.74) is 2.01. The second-order valence-electron chi connectivity index (χ2n) is 5.18. The van der Waals surface area contributed by atoms with Gasteiger partial charge in [-0.3, -0.25) is 0 Å². The number of benzene rings is 1. The van der Waals surface area contributed by atoms with Gasteiger partial charge < -0.3 is 5.11 Å². The first-order chi connectivity index (χ1) is 8.58. The van der Waals surface area contributed by atoms with Gasteiger partial charge in [0.05, 0.1) is 6.10 Å². The molecule has 0 heterocycles. The minimum absolute atomic E-state index is 0.384. The molecule has 1 rings (SSSR count). The first-order valence-corrected chi connectivity index (χ1v) is 7.40. The van der Waals surface area contributed by atoms with Crippen molar-refractivity contribution in [3.8, 4) is 0 Å². The molecule has 0 bridgehead atoms. The third-order valence-corrected chi connectivity index (χ3v) is 4.09. The lowest BCUT2D eigenvalue weighted by atomic mass is 9.90. The van der Waals surface area contributed by atoms with Crippen molar-refractivity contribution in [3.63, 3.8) is 0 Å². The van der Waals surface area contributed by atoms with E-state index in [4.69, 9.17) is 11.6 Å². The molecule has 1 N–H and O–H groups in total. The zero-order valence-electron chi connectivity index (χ0n) is 11.7. The molecule has 2 unspecified atom stereocenters. The van der Waals surface area contributed by atoms with Gasteiger partial charge in [-0.1, -0.05) is 63.3 Å². The lowest BCUT2D eigenvalue weighted by molar-refractivity contribution is 0.139. The van der Waals surface area contributed by atoms with Crippen molar-refractivity contribution in [1.82, 2.24) is 0 Å². The molecule has 0 aliphatic rings. The van der Waals surface area contributed by atoms with Gasteiger partial charge >= 0.3 is 0 Å². The van der Waals surface area contributed by atoms with Crippen molar-refractivity contribution in [2.45, 2.75) is 59.0 Å². The van der Waals surface area contributed by atoms with E-state index in [0.717, 1.165) is 29.0 Å². The molecule has 0 aromatic heterocycles. The predicted octanol–water partition coefficient (Wildman–Crippen LogP) is 5.29. The molecule has 1 aromatic rings. The van der Waals surface area contributed by atoms with Crippen molar-refractivity contribution in [2.24, 2.45) is 5.92 Å². The van der Waals surface area contributed by atoms with Gasteiger partial charge in [-0.05, 0) is 36.5 Å². The van der Waals surface area contributed by atoms with Crippen molar-refractivity contribution in [1.29, 1.82) is 0 Å². The summed E-state index contributed by atoms with van der Waals surface area (Å²) in [5.74, 6) is 0.611. The number of halogens is 1. The third kappa shape index (κ3) is 4.62. The van der Waals surface area contributed by atoms with Crippen LogP contribution in [-0.2, 0) is 0 Å². The molecule has 0 saturated carbocycles. The number of rotatable bonds is 7. The zero-order valence-corrected chi connectivity index (χ0v) is 12.5. The Labute approximate surface area is 116 Å². The van der Waals surface area contributed by atoms with Crippen LogP contribution in [-0.4, -0.2) is 5.11 Å². The highest BCUT2D eigenvalue weighted by molar-refractivity contribution is 6.31. The van der Waals surface area contributed by atoms with Crippen LogP contribution in [0.3, 0.4) is 0 Å². The van der Waals surface area contributed by atoms with Gasteiger partial charge in [-0.15, -0.1) is 0 Å². The molecular weight excluding hydrogens is 244 g/mol. The monoisotopic (exact) mass is 268 g/mol. The van der Waals surface area contributed by atoms with Crippen molar-refractivity contribution < 1.29 is 5.11 Å². The predicted molar refractivity (Wildman–Crippen MR) is 79.1 cm³/mol. The highest BCUT2D eigenvalue weighted by Crippen LogP contribution is 2.28. The third-order valence-electron chi connectivity index (χ3n) is 3.68. The number of aliphatic hydroxyl groups excluding tert-OH is 1. The van der Waals surface area contributed by atoms with Gasteiger partial charge in [0.15, 0.2) is 0 Å². The molecule has 102 valence electrons. The van der Waals surface area contributed by atoms with Gasteiger partial charge in [0.1, 0.15) is 0 Å². The zero-order chi connectivity index (χ0) is 13.5. The van der Waals surface area contributed by atoms with E-state index in [1.165, 1.54) is 19.3 Å². The summed E-state index contributed by atoms with van der Waals surface area (Å²) in [6.45, 7) is 6.40. The molecule has 1 nitrogen and oxygen atoms in total. The van der Waals surface area contributed by atoms with E-state index in [2.05, 4.69) is 13.8 Å². The molecular formula is C16H25ClO. The van der Waals surface area contributed by atoms with E-state index in [1.54, 1.807) is 0 Å². The number of hydrogen-bond acceptors (Lipinski definition) is 1. The van der Waals surface area contributed by atoms with Gasteiger partial charge in [0.25, 0.3) is 0 Å². The van der Waals surface area contributed by atoms with Crippen LogP contribution in [0.2, 0.25) is 5.02 Å². The number of aryl methyl sites for hydroxylation is 1. The summed E-state index contributed by atoms with van der Waals surface area (Å²) < 4.78 is 0. The normalized spacial score (nSPS) is 14.5. The van der Waals surface area contributed by atoms with Gasteiger partial charge in [0, 0.05) is 5.02 Å². The molecule has 0 aliphatic heterocycles. The van der Waals surface area contributed by atoms with Crippen LogP contribution in [0.25, 0.3) is 0 Å². The van der Waals surface area contributed by atoms with Crippen LogP contribution in [0, 0.1) is 12.8 Å². The molecule has 2 heteroatoms. The van der Waals surface area contributed by atoms with E-state index in [1.807, 2.05) is 25.1 Å². The Kier molecular flexibility index (Phi) is 6.73. The van der Waals surface area contributed by atoms with Crippen molar-refractivity contribution in [3.05, 3.63) is 34.3 Å². The fraction of sp³-hybridized carbons (Fsp3) is 0.625. The topological polar surface area (TPSA) is 20.2 Å². The molecule has 0 amide bonds.